The molecule has 0 rings (SSSR count). The van der Waals surface area contributed by atoms with Crippen molar-refractivity contribution < 1.29 is 110 Å². The molecule has 41 heavy (non-hydrogen) atoms. The molecule has 0 saturated carbocycles. The summed E-state index contributed by atoms with van der Waals surface area (Å²) in [6.07, 6.45) is -12.5. The van der Waals surface area contributed by atoms with Crippen molar-refractivity contribution in [2.24, 2.45) is 5.73 Å². The summed E-state index contributed by atoms with van der Waals surface area (Å²) in [7, 11) is -8.12. The standard InChI is InChI=1S/C11H2F22O3S.C3H7N/c12-1(3(15,16)17)2(13,14)4(18,19)5(20,21)6(22,23)7(24,25)8(26,27)9(28,29)10(30,31)11(32,33)37(34,35)36;1-2-3-4/h1H,(H,34,35,36);2H,1,3-4H2. The van der Waals surface area contributed by atoms with Crippen LogP contribution >= 0.6 is 0 Å². The van der Waals surface area contributed by atoms with E-state index in [2.05, 4.69) is 6.58 Å². The Labute approximate surface area is 210 Å². The monoisotopic (exact) mass is 689 g/mol. The van der Waals surface area contributed by atoms with Gasteiger partial charge in [-0.3, -0.25) is 4.55 Å². The molecule has 0 aromatic carbocycles. The van der Waals surface area contributed by atoms with Gasteiger partial charge < -0.3 is 5.73 Å². The van der Waals surface area contributed by atoms with Crippen molar-refractivity contribution in [2.45, 2.75) is 65.0 Å². The predicted molar refractivity (Wildman–Crippen MR) is 86.3 cm³/mol. The normalized spacial score (nSPS) is 16.6. The van der Waals surface area contributed by atoms with Crippen LogP contribution in [-0.4, -0.2) is 84.5 Å². The Morgan fingerprint density at radius 1 is 0.585 bits per heavy atom. The average Bonchev–Trinajstić information content (AvgIpc) is 2.75. The van der Waals surface area contributed by atoms with Gasteiger partial charge in [0.25, 0.3) is 6.17 Å². The summed E-state index contributed by atoms with van der Waals surface area (Å²) >= 11 is 0. The lowest BCUT2D eigenvalue weighted by Gasteiger charge is -2.44. The first-order chi connectivity index (χ1) is 17.3. The van der Waals surface area contributed by atoms with E-state index in [1.807, 2.05) is 0 Å². The summed E-state index contributed by atoms with van der Waals surface area (Å²) in [5, 5.41) is -8.09. The second kappa shape index (κ2) is 11.0. The molecule has 0 aliphatic rings. The molecule has 248 valence electrons. The van der Waals surface area contributed by atoms with E-state index in [-0.39, 0.29) is 0 Å². The lowest BCUT2D eigenvalue weighted by atomic mass is 9.86. The maximum Gasteiger partial charge on any atom is 0.438 e. The van der Waals surface area contributed by atoms with Gasteiger partial charge in [-0.25, -0.2) is 4.39 Å². The first-order valence-corrected chi connectivity index (χ1v) is 10.1. The van der Waals surface area contributed by atoms with Crippen molar-refractivity contribution >= 4 is 10.1 Å². The molecule has 1 unspecified atom stereocenters. The van der Waals surface area contributed by atoms with Gasteiger partial charge in [-0.15, -0.1) is 6.58 Å². The van der Waals surface area contributed by atoms with Crippen LogP contribution in [0.2, 0.25) is 0 Å². The number of alkyl halides is 22. The van der Waals surface area contributed by atoms with Crippen molar-refractivity contribution in [3.63, 3.8) is 0 Å². The van der Waals surface area contributed by atoms with Crippen LogP contribution in [0, 0.1) is 0 Å². The van der Waals surface area contributed by atoms with Gasteiger partial charge in [0, 0.05) is 6.54 Å². The maximum absolute atomic E-state index is 13.4. The summed E-state index contributed by atoms with van der Waals surface area (Å²) in [5.74, 6) is -72.6. The van der Waals surface area contributed by atoms with Gasteiger partial charge in [-0.05, 0) is 0 Å². The molecule has 0 aliphatic carbocycles. The molecule has 1 atom stereocenters. The van der Waals surface area contributed by atoms with E-state index >= 15 is 0 Å². The molecule has 0 aromatic rings. The van der Waals surface area contributed by atoms with Crippen LogP contribution in [0.4, 0.5) is 96.6 Å². The van der Waals surface area contributed by atoms with Gasteiger partial charge in [0.1, 0.15) is 0 Å². The van der Waals surface area contributed by atoms with E-state index in [1.54, 1.807) is 6.08 Å². The van der Waals surface area contributed by atoms with E-state index in [9.17, 15) is 105 Å². The van der Waals surface area contributed by atoms with Crippen molar-refractivity contribution in [3.05, 3.63) is 12.7 Å². The average molecular weight is 689 g/mol. The molecule has 0 saturated heterocycles. The number of halogens is 22. The van der Waals surface area contributed by atoms with Crippen molar-refractivity contribution in [3.8, 4) is 0 Å². The Morgan fingerprint density at radius 3 is 1.00 bits per heavy atom. The number of hydrogen-bond acceptors (Lipinski definition) is 3. The first-order valence-electron chi connectivity index (χ1n) is 8.71. The highest BCUT2D eigenvalue weighted by Gasteiger charge is 2.97. The molecule has 0 heterocycles. The van der Waals surface area contributed by atoms with Gasteiger partial charge in [-0.1, -0.05) is 6.08 Å². The van der Waals surface area contributed by atoms with Crippen LogP contribution in [0.1, 0.15) is 0 Å². The predicted octanol–water partition coefficient (Wildman–Crippen LogP) is 6.58. The molecule has 27 heteroatoms. The summed E-state index contributed by atoms with van der Waals surface area (Å²) in [6, 6.07) is 0. The molecule has 0 fully saturated rings. The summed E-state index contributed by atoms with van der Waals surface area (Å²) in [5.41, 5.74) is 4.91. The largest absolute Gasteiger partial charge is 0.438 e. The minimum Gasteiger partial charge on any atom is -0.327 e. The fourth-order valence-electron chi connectivity index (χ4n) is 1.90. The fourth-order valence-corrected chi connectivity index (χ4v) is 2.36. The zero-order valence-electron chi connectivity index (χ0n) is 18.1. The lowest BCUT2D eigenvalue weighted by Crippen LogP contribution is -2.77. The Morgan fingerprint density at radius 2 is 0.805 bits per heavy atom. The van der Waals surface area contributed by atoms with Crippen molar-refractivity contribution in [1.29, 1.82) is 0 Å². The van der Waals surface area contributed by atoms with Gasteiger partial charge in [-0.2, -0.15) is 101 Å². The highest BCUT2D eigenvalue weighted by Crippen LogP contribution is 2.66. The number of nitrogens with two attached hydrogens (primary N) is 1. The molecule has 3 N–H and O–H groups in total. The van der Waals surface area contributed by atoms with Crippen molar-refractivity contribution in [2.75, 3.05) is 6.54 Å². The second-order valence-corrected chi connectivity index (χ2v) is 8.53. The van der Waals surface area contributed by atoms with Gasteiger partial charge >= 0.3 is 68.9 Å². The molecular weight excluding hydrogens is 680 g/mol. The zero-order chi connectivity index (χ0) is 34.5. The van der Waals surface area contributed by atoms with Crippen LogP contribution in [-0.2, 0) is 10.1 Å². The fraction of sp³-hybridized carbons (Fsp3) is 0.857. The van der Waals surface area contributed by atoms with Gasteiger partial charge in [0.15, 0.2) is 0 Å². The molecule has 0 aliphatic heterocycles. The Bertz CT molecular complexity index is 1030. The van der Waals surface area contributed by atoms with Crippen LogP contribution in [0.3, 0.4) is 0 Å². The minimum atomic E-state index is -9.42. The van der Waals surface area contributed by atoms with Crippen molar-refractivity contribution in [1.82, 2.24) is 0 Å². The van der Waals surface area contributed by atoms with E-state index in [0.717, 1.165) is 0 Å². The third kappa shape index (κ3) is 5.84. The number of rotatable bonds is 11. The minimum absolute atomic E-state index is 0.583. The lowest BCUT2D eigenvalue weighted by molar-refractivity contribution is -0.463. The highest BCUT2D eigenvalue weighted by molar-refractivity contribution is 7.87. The van der Waals surface area contributed by atoms with Crippen LogP contribution in [0.5, 0.6) is 0 Å². The SMILES string of the molecule is C=CCN.O=S(=O)(O)C(F)(F)C(F)(F)C(F)(F)C(F)(F)C(F)(F)C(F)(F)C(F)(F)C(F)(F)C(F)(F)C(F)C(F)(F)F. The molecule has 0 radical (unpaired) electrons. The third-order valence-corrected chi connectivity index (χ3v) is 5.15. The van der Waals surface area contributed by atoms with E-state index in [0.29, 0.717) is 6.54 Å². The molecule has 0 aromatic heterocycles. The highest BCUT2D eigenvalue weighted by atomic mass is 32.2. The number of hydrogen-bond donors (Lipinski definition) is 2. The van der Waals surface area contributed by atoms with Crippen LogP contribution in [0.15, 0.2) is 12.7 Å². The summed E-state index contributed by atoms with van der Waals surface area (Å²) < 4.78 is 314. The molecular formula is C14H9F22NO3S. The van der Waals surface area contributed by atoms with E-state index < -0.39 is 75.1 Å². The summed E-state index contributed by atoms with van der Waals surface area (Å²) in [6.45, 7) is 3.94. The second-order valence-electron chi connectivity index (χ2n) is 7.06. The van der Waals surface area contributed by atoms with Gasteiger partial charge in [0.05, 0.1) is 0 Å². The zero-order valence-corrected chi connectivity index (χ0v) is 18.9. The maximum atomic E-state index is 13.4. The molecule has 0 spiro atoms. The quantitative estimate of drug-likeness (QED) is 0.146. The Balaban J connectivity index is 0. The topological polar surface area (TPSA) is 80.4 Å². The molecule has 0 bridgehead atoms. The summed E-state index contributed by atoms with van der Waals surface area (Å²) in [4.78, 5) is 0. The van der Waals surface area contributed by atoms with E-state index in [1.165, 1.54) is 0 Å². The Hall–Kier alpha value is -1.93. The van der Waals surface area contributed by atoms with E-state index in [4.69, 9.17) is 10.3 Å². The van der Waals surface area contributed by atoms with Gasteiger partial charge in [0.2, 0.25) is 0 Å². The van der Waals surface area contributed by atoms with Crippen LogP contribution < -0.4 is 5.73 Å². The van der Waals surface area contributed by atoms with Crippen LogP contribution in [0.25, 0.3) is 0 Å². The molecule has 0 amide bonds. The Kier molecular flexibility index (Phi) is 11.0. The first kappa shape index (κ1) is 41.2. The molecule has 4 nitrogen and oxygen atoms in total. The smallest absolute Gasteiger partial charge is 0.327 e. The third-order valence-electron chi connectivity index (χ3n) is 4.25.